The van der Waals surface area contributed by atoms with Gasteiger partial charge in [0.25, 0.3) is 0 Å². The second-order valence-corrected chi connectivity index (χ2v) is 6.43. The van der Waals surface area contributed by atoms with Gasteiger partial charge in [0, 0.05) is 10.6 Å². The molecule has 1 heterocycles. The van der Waals surface area contributed by atoms with E-state index in [1.807, 2.05) is 6.92 Å². The minimum atomic E-state index is -0.256. The van der Waals surface area contributed by atoms with Crippen LogP contribution in [0.1, 0.15) is 28.5 Å². The minimum absolute atomic E-state index is 0.104. The number of hydrogen-bond donors (Lipinski definition) is 1. The van der Waals surface area contributed by atoms with Gasteiger partial charge in [-0.25, -0.2) is 9.37 Å². The molecule has 2 aromatic rings. The van der Waals surface area contributed by atoms with Gasteiger partial charge in [-0.1, -0.05) is 0 Å². The number of rotatable bonds is 3. The number of hydrogen-bond acceptors (Lipinski definition) is 3. The molecular weight excluding hydrogens is 315 g/mol. The summed E-state index contributed by atoms with van der Waals surface area (Å²) in [6.45, 7) is 6.12. The molecule has 2 nitrogen and oxygen atoms in total. The highest BCUT2D eigenvalue weighted by atomic mass is 79.9. The number of aryl methyl sites for hydroxylation is 2. The molecule has 1 aromatic carbocycles. The molecular formula is C13H14BrFN2S. The zero-order valence-electron chi connectivity index (χ0n) is 10.4. The maximum Gasteiger partial charge on any atom is 0.137 e. The molecule has 96 valence electrons. The van der Waals surface area contributed by atoms with Gasteiger partial charge in [-0.15, -0.1) is 11.3 Å². The van der Waals surface area contributed by atoms with Crippen LogP contribution in [0, 0.1) is 19.7 Å². The molecule has 0 saturated heterocycles. The summed E-state index contributed by atoms with van der Waals surface area (Å²) in [5.74, 6) is -0.256. The van der Waals surface area contributed by atoms with Crippen molar-refractivity contribution in [2.24, 2.45) is 0 Å². The summed E-state index contributed by atoms with van der Waals surface area (Å²) in [6, 6.07) is 5.01. The molecule has 2 rings (SSSR count). The average molecular weight is 329 g/mol. The Labute approximate surface area is 118 Å². The molecule has 1 N–H and O–H groups in total. The van der Waals surface area contributed by atoms with Gasteiger partial charge >= 0.3 is 0 Å². The standard InChI is InChI=1S/C13H14BrFN2S/c1-7(13-8(2)18-9(3)17-13)16-10-4-5-12(15)11(14)6-10/h4-7,16H,1-3H3. The molecule has 18 heavy (non-hydrogen) atoms. The summed E-state index contributed by atoms with van der Waals surface area (Å²) in [7, 11) is 0. The van der Waals surface area contributed by atoms with E-state index in [1.54, 1.807) is 23.5 Å². The van der Waals surface area contributed by atoms with Crippen LogP contribution in [0.2, 0.25) is 0 Å². The zero-order valence-corrected chi connectivity index (χ0v) is 12.8. The lowest BCUT2D eigenvalue weighted by Crippen LogP contribution is -2.08. The Hall–Kier alpha value is -0.940. The lowest BCUT2D eigenvalue weighted by molar-refractivity contribution is 0.621. The van der Waals surface area contributed by atoms with Gasteiger partial charge in [0.2, 0.25) is 0 Å². The van der Waals surface area contributed by atoms with E-state index in [0.29, 0.717) is 4.47 Å². The third kappa shape index (κ3) is 2.90. The predicted molar refractivity (Wildman–Crippen MR) is 77.7 cm³/mol. The molecule has 5 heteroatoms. The third-order valence-corrected chi connectivity index (χ3v) is 4.16. The molecule has 0 aliphatic rings. The van der Waals surface area contributed by atoms with Crippen LogP contribution in [0.5, 0.6) is 0 Å². The molecule has 0 spiro atoms. The van der Waals surface area contributed by atoms with E-state index in [4.69, 9.17) is 0 Å². The maximum absolute atomic E-state index is 13.1. The number of nitrogens with one attached hydrogen (secondary N) is 1. The highest BCUT2D eigenvalue weighted by Crippen LogP contribution is 2.27. The van der Waals surface area contributed by atoms with E-state index in [1.165, 1.54) is 10.9 Å². The Balaban J connectivity index is 2.18. The highest BCUT2D eigenvalue weighted by molar-refractivity contribution is 9.10. The lowest BCUT2D eigenvalue weighted by atomic mass is 10.2. The number of halogens is 2. The molecule has 1 aromatic heterocycles. The summed E-state index contributed by atoms with van der Waals surface area (Å²) in [6.07, 6.45) is 0. The van der Waals surface area contributed by atoms with Gasteiger partial charge in [0.15, 0.2) is 0 Å². The Bertz CT molecular complexity index is 568. The fourth-order valence-corrected chi connectivity index (χ4v) is 3.14. The SMILES string of the molecule is Cc1nc(C(C)Nc2ccc(F)c(Br)c2)c(C)s1. The molecule has 0 radical (unpaired) electrons. The summed E-state index contributed by atoms with van der Waals surface area (Å²) in [5, 5.41) is 4.39. The van der Waals surface area contributed by atoms with Crippen LogP contribution in [-0.4, -0.2) is 4.98 Å². The van der Waals surface area contributed by atoms with Crippen molar-refractivity contribution in [3.8, 4) is 0 Å². The first-order valence-corrected chi connectivity index (χ1v) is 7.24. The van der Waals surface area contributed by atoms with Crippen molar-refractivity contribution in [2.45, 2.75) is 26.8 Å². The molecule has 0 bridgehead atoms. The van der Waals surface area contributed by atoms with Crippen molar-refractivity contribution >= 4 is 33.0 Å². The van der Waals surface area contributed by atoms with Gasteiger partial charge < -0.3 is 5.32 Å². The second-order valence-electron chi connectivity index (χ2n) is 4.17. The van der Waals surface area contributed by atoms with Crippen LogP contribution in [0.4, 0.5) is 10.1 Å². The van der Waals surface area contributed by atoms with Gasteiger partial charge in [-0.2, -0.15) is 0 Å². The Kier molecular flexibility index (Phi) is 4.02. The van der Waals surface area contributed by atoms with Crippen molar-refractivity contribution in [2.75, 3.05) is 5.32 Å². The molecule has 1 unspecified atom stereocenters. The van der Waals surface area contributed by atoms with Crippen molar-refractivity contribution in [1.29, 1.82) is 0 Å². The number of nitrogens with zero attached hydrogens (tertiary/aromatic N) is 1. The minimum Gasteiger partial charge on any atom is -0.377 e. The maximum atomic E-state index is 13.1. The first-order chi connectivity index (χ1) is 8.47. The molecule has 0 saturated carbocycles. The van der Waals surface area contributed by atoms with Crippen LogP contribution in [-0.2, 0) is 0 Å². The van der Waals surface area contributed by atoms with Crippen LogP contribution in [0.15, 0.2) is 22.7 Å². The first-order valence-electron chi connectivity index (χ1n) is 5.63. The van der Waals surface area contributed by atoms with E-state index in [9.17, 15) is 4.39 Å². The smallest absolute Gasteiger partial charge is 0.137 e. The Morgan fingerprint density at radius 3 is 2.67 bits per heavy atom. The van der Waals surface area contributed by atoms with Crippen molar-refractivity contribution < 1.29 is 4.39 Å². The second kappa shape index (κ2) is 5.36. The monoisotopic (exact) mass is 328 g/mol. The predicted octanol–water partition coefficient (Wildman–Crippen LogP) is 4.83. The van der Waals surface area contributed by atoms with Gasteiger partial charge in [0.05, 0.1) is 21.2 Å². The summed E-state index contributed by atoms with van der Waals surface area (Å²) in [4.78, 5) is 5.73. The van der Waals surface area contributed by atoms with Crippen molar-refractivity contribution in [1.82, 2.24) is 4.98 Å². The number of anilines is 1. The topological polar surface area (TPSA) is 24.9 Å². The van der Waals surface area contributed by atoms with E-state index >= 15 is 0 Å². The normalized spacial score (nSPS) is 12.5. The quantitative estimate of drug-likeness (QED) is 0.872. The van der Waals surface area contributed by atoms with Crippen LogP contribution >= 0.6 is 27.3 Å². The van der Waals surface area contributed by atoms with Gasteiger partial charge in [-0.05, 0) is 54.9 Å². The van der Waals surface area contributed by atoms with E-state index in [2.05, 4.69) is 40.1 Å². The fraction of sp³-hybridized carbons (Fsp3) is 0.308. The van der Waals surface area contributed by atoms with E-state index in [0.717, 1.165) is 16.4 Å². The summed E-state index contributed by atoms with van der Waals surface area (Å²) in [5.41, 5.74) is 1.93. The lowest BCUT2D eigenvalue weighted by Gasteiger charge is -2.14. The number of thiazole rings is 1. The average Bonchev–Trinajstić information content (AvgIpc) is 2.63. The first kappa shape index (κ1) is 13.5. The van der Waals surface area contributed by atoms with Gasteiger partial charge in [-0.3, -0.25) is 0 Å². The summed E-state index contributed by atoms with van der Waals surface area (Å²) >= 11 is 4.88. The molecule has 0 fully saturated rings. The third-order valence-electron chi connectivity index (χ3n) is 2.65. The zero-order chi connectivity index (χ0) is 13.3. The van der Waals surface area contributed by atoms with Crippen LogP contribution in [0.25, 0.3) is 0 Å². The Morgan fingerprint density at radius 2 is 2.11 bits per heavy atom. The van der Waals surface area contributed by atoms with E-state index < -0.39 is 0 Å². The molecule has 0 amide bonds. The molecule has 0 aliphatic heterocycles. The van der Waals surface area contributed by atoms with E-state index in [-0.39, 0.29) is 11.9 Å². The fourth-order valence-electron chi connectivity index (χ4n) is 1.85. The summed E-state index contributed by atoms with van der Waals surface area (Å²) < 4.78 is 13.6. The molecule has 0 aliphatic carbocycles. The molecule has 1 atom stereocenters. The van der Waals surface area contributed by atoms with Crippen molar-refractivity contribution in [3.63, 3.8) is 0 Å². The number of benzene rings is 1. The Morgan fingerprint density at radius 1 is 1.39 bits per heavy atom. The largest absolute Gasteiger partial charge is 0.377 e. The van der Waals surface area contributed by atoms with Crippen molar-refractivity contribution in [3.05, 3.63) is 44.1 Å². The number of aromatic nitrogens is 1. The highest BCUT2D eigenvalue weighted by Gasteiger charge is 2.13. The van der Waals surface area contributed by atoms with Gasteiger partial charge in [0.1, 0.15) is 5.82 Å². The van der Waals surface area contributed by atoms with Crippen LogP contribution in [0.3, 0.4) is 0 Å². The van der Waals surface area contributed by atoms with Crippen LogP contribution < -0.4 is 5.32 Å².